The minimum Gasteiger partial charge on any atom is -0.399 e. The van der Waals surface area contributed by atoms with Gasteiger partial charge < -0.3 is 5.73 Å². The summed E-state index contributed by atoms with van der Waals surface area (Å²) in [5.74, 6) is 0. The molecule has 2 rings (SSSR count). The molecule has 2 heteroatoms. The van der Waals surface area contributed by atoms with Gasteiger partial charge in [0.05, 0.1) is 0 Å². The molecule has 2 N–H and O–H groups in total. The van der Waals surface area contributed by atoms with Crippen LogP contribution in [0.2, 0.25) is 0 Å². The Morgan fingerprint density at radius 3 is 2.70 bits per heavy atom. The second-order valence-electron chi connectivity index (χ2n) is 6.79. The van der Waals surface area contributed by atoms with Gasteiger partial charge in [0, 0.05) is 24.0 Å². The van der Waals surface area contributed by atoms with E-state index in [0.717, 1.165) is 17.8 Å². The number of aryl methyl sites for hydroxylation is 1. The fourth-order valence-electron chi connectivity index (χ4n) is 3.75. The van der Waals surface area contributed by atoms with Crippen LogP contribution in [-0.4, -0.2) is 6.21 Å². The van der Waals surface area contributed by atoms with Crippen molar-refractivity contribution in [3.05, 3.63) is 53.3 Å². The van der Waals surface area contributed by atoms with E-state index in [1.807, 2.05) is 24.4 Å². The highest BCUT2D eigenvalue weighted by atomic mass is 14.7. The van der Waals surface area contributed by atoms with Crippen LogP contribution >= 0.6 is 0 Å². The number of hydrogen-bond acceptors (Lipinski definition) is 2. The highest BCUT2D eigenvalue weighted by Crippen LogP contribution is 2.51. The summed E-state index contributed by atoms with van der Waals surface area (Å²) in [5.41, 5.74) is 12.0. The van der Waals surface area contributed by atoms with Crippen molar-refractivity contribution in [2.75, 3.05) is 5.73 Å². The molecule has 1 saturated carbocycles. The number of aliphatic imine (C=N–C) groups is 1. The third kappa shape index (κ3) is 3.93. The van der Waals surface area contributed by atoms with Gasteiger partial charge in [0.15, 0.2) is 0 Å². The number of benzene rings is 1. The van der Waals surface area contributed by atoms with E-state index in [4.69, 9.17) is 10.7 Å². The third-order valence-electron chi connectivity index (χ3n) is 5.17. The molecule has 0 atom stereocenters. The van der Waals surface area contributed by atoms with Gasteiger partial charge in [-0.3, -0.25) is 4.99 Å². The van der Waals surface area contributed by atoms with E-state index < -0.39 is 0 Å². The van der Waals surface area contributed by atoms with Gasteiger partial charge in [-0.25, -0.2) is 0 Å². The van der Waals surface area contributed by atoms with Gasteiger partial charge in [-0.1, -0.05) is 38.5 Å². The molecular weight excluding hydrogens is 280 g/mol. The molecule has 0 aliphatic heterocycles. The lowest BCUT2D eigenvalue weighted by molar-refractivity contribution is 0.172. The van der Waals surface area contributed by atoms with Crippen LogP contribution in [0.4, 0.5) is 5.69 Å². The van der Waals surface area contributed by atoms with Gasteiger partial charge in [-0.15, -0.1) is 0 Å². The Balaban J connectivity index is 2.16. The summed E-state index contributed by atoms with van der Waals surface area (Å²) in [7, 11) is 0. The summed E-state index contributed by atoms with van der Waals surface area (Å²) < 4.78 is 0. The predicted molar refractivity (Wildman–Crippen MR) is 102 cm³/mol. The topological polar surface area (TPSA) is 38.4 Å². The molecule has 0 radical (unpaired) electrons. The fourth-order valence-corrected chi connectivity index (χ4v) is 3.75. The molecule has 2 nitrogen and oxygen atoms in total. The molecule has 124 valence electrons. The highest BCUT2D eigenvalue weighted by molar-refractivity contribution is 5.65. The van der Waals surface area contributed by atoms with Gasteiger partial charge >= 0.3 is 0 Å². The molecule has 0 amide bonds. The molecule has 0 saturated heterocycles. The van der Waals surface area contributed by atoms with Gasteiger partial charge in [-0.05, 0) is 67.4 Å². The lowest BCUT2D eigenvalue weighted by Gasteiger charge is -2.43. The molecule has 1 aliphatic rings. The molecule has 23 heavy (non-hydrogen) atoms. The molecule has 0 bridgehead atoms. The molecule has 0 heterocycles. The second kappa shape index (κ2) is 7.63. The quantitative estimate of drug-likeness (QED) is 0.396. The van der Waals surface area contributed by atoms with Crippen molar-refractivity contribution in [1.82, 2.24) is 0 Å². The zero-order valence-corrected chi connectivity index (χ0v) is 14.9. The van der Waals surface area contributed by atoms with Crippen LogP contribution in [-0.2, 0) is 6.42 Å². The summed E-state index contributed by atoms with van der Waals surface area (Å²) in [6.45, 7) is 10.6. The number of nitrogen functional groups attached to an aromatic ring is 1. The van der Waals surface area contributed by atoms with Crippen molar-refractivity contribution in [1.29, 1.82) is 0 Å². The van der Waals surface area contributed by atoms with Crippen LogP contribution < -0.4 is 5.73 Å². The normalized spacial score (nSPS) is 17.7. The van der Waals surface area contributed by atoms with E-state index in [-0.39, 0.29) is 0 Å². The van der Waals surface area contributed by atoms with Crippen molar-refractivity contribution in [2.45, 2.75) is 59.3 Å². The number of rotatable bonds is 7. The van der Waals surface area contributed by atoms with E-state index in [9.17, 15) is 0 Å². The maximum Gasteiger partial charge on any atom is 0.0406 e. The molecule has 0 aromatic heterocycles. The summed E-state index contributed by atoms with van der Waals surface area (Å²) in [5, 5.41) is 0. The zero-order chi connectivity index (χ0) is 16.9. The van der Waals surface area contributed by atoms with Crippen molar-refractivity contribution in [3.63, 3.8) is 0 Å². The molecule has 1 aromatic rings. The van der Waals surface area contributed by atoms with Gasteiger partial charge in [0.25, 0.3) is 0 Å². The van der Waals surface area contributed by atoms with Gasteiger partial charge in [0.1, 0.15) is 0 Å². The average molecular weight is 310 g/mol. The van der Waals surface area contributed by atoms with Crippen molar-refractivity contribution >= 4 is 11.9 Å². The summed E-state index contributed by atoms with van der Waals surface area (Å²) in [4.78, 5) is 4.73. The largest absolute Gasteiger partial charge is 0.399 e. The summed E-state index contributed by atoms with van der Waals surface area (Å²) in [6.07, 6.45) is 11.2. The standard InChI is InChI=1S/C21H30N2/c1-5-11-21(12-7-13-21)20(6-2)17(4)23-14-10-18-15-19(22)9-8-16(18)3/h6,8-9,14-15H,2,5,7,10-13,22H2,1,3-4H3/b20-17+,23-14-. The Labute approximate surface area is 141 Å². The Bertz CT molecular complexity index is 619. The maximum absolute atomic E-state index is 5.88. The van der Waals surface area contributed by atoms with Crippen LogP contribution in [0, 0.1) is 12.3 Å². The first-order chi connectivity index (χ1) is 11.0. The Hall–Kier alpha value is -1.83. The minimum atomic E-state index is 0.338. The zero-order valence-electron chi connectivity index (χ0n) is 14.9. The number of nitrogens with zero attached hydrogens (tertiary/aromatic N) is 1. The molecule has 0 unspecified atom stereocenters. The van der Waals surface area contributed by atoms with E-state index in [0.29, 0.717) is 5.41 Å². The van der Waals surface area contributed by atoms with Crippen molar-refractivity contribution in [3.8, 4) is 0 Å². The molecule has 1 aromatic carbocycles. The number of hydrogen-bond donors (Lipinski definition) is 1. The fraction of sp³-hybridized carbons (Fsp3) is 0.476. The first kappa shape index (κ1) is 17.5. The molecule has 1 aliphatic carbocycles. The molecule has 0 spiro atoms. The Kier molecular flexibility index (Phi) is 5.81. The van der Waals surface area contributed by atoms with Crippen LogP contribution in [0.25, 0.3) is 0 Å². The lowest BCUT2D eigenvalue weighted by atomic mass is 9.61. The lowest BCUT2D eigenvalue weighted by Crippen LogP contribution is -2.31. The van der Waals surface area contributed by atoms with Crippen LogP contribution in [0.1, 0.15) is 57.1 Å². The second-order valence-corrected chi connectivity index (χ2v) is 6.79. The first-order valence-electron chi connectivity index (χ1n) is 8.74. The van der Waals surface area contributed by atoms with Gasteiger partial charge in [0.2, 0.25) is 0 Å². The third-order valence-corrected chi connectivity index (χ3v) is 5.17. The van der Waals surface area contributed by atoms with E-state index in [1.54, 1.807) is 0 Å². The monoisotopic (exact) mass is 310 g/mol. The van der Waals surface area contributed by atoms with Crippen molar-refractivity contribution < 1.29 is 0 Å². The van der Waals surface area contributed by atoms with Crippen LogP contribution in [0.15, 0.2) is 47.1 Å². The number of nitrogens with two attached hydrogens (primary N) is 1. The summed E-state index contributed by atoms with van der Waals surface area (Å²) >= 11 is 0. The number of allylic oxidation sites excluding steroid dienone is 3. The number of anilines is 1. The van der Waals surface area contributed by atoms with Gasteiger partial charge in [-0.2, -0.15) is 0 Å². The SMILES string of the molecule is C=C/C(=C(C)\N=C/Cc1cc(N)ccc1C)C1(CCC)CCC1. The maximum atomic E-state index is 5.88. The van der Waals surface area contributed by atoms with Crippen molar-refractivity contribution in [2.24, 2.45) is 10.4 Å². The van der Waals surface area contributed by atoms with Crippen LogP contribution in [0.5, 0.6) is 0 Å². The predicted octanol–water partition coefficient (Wildman–Crippen LogP) is 5.62. The Morgan fingerprint density at radius 1 is 1.39 bits per heavy atom. The first-order valence-corrected chi connectivity index (χ1v) is 8.74. The average Bonchev–Trinajstić information content (AvgIpc) is 2.49. The smallest absolute Gasteiger partial charge is 0.0406 e. The molecular formula is C21H30N2. The van der Waals surface area contributed by atoms with E-state index in [2.05, 4.69) is 33.4 Å². The summed E-state index contributed by atoms with van der Waals surface area (Å²) in [6, 6.07) is 6.06. The van der Waals surface area contributed by atoms with Crippen LogP contribution in [0.3, 0.4) is 0 Å². The highest BCUT2D eigenvalue weighted by Gasteiger charge is 2.39. The van der Waals surface area contributed by atoms with E-state index >= 15 is 0 Å². The molecule has 1 fully saturated rings. The van der Waals surface area contributed by atoms with E-state index in [1.165, 1.54) is 48.8 Å². The Morgan fingerprint density at radius 2 is 2.13 bits per heavy atom. The minimum absolute atomic E-state index is 0.338.